The summed E-state index contributed by atoms with van der Waals surface area (Å²) in [6, 6.07) is 5.80. The quantitative estimate of drug-likeness (QED) is 0.515. The van der Waals surface area contributed by atoms with Crippen molar-refractivity contribution < 1.29 is 8.78 Å². The molecule has 0 unspecified atom stereocenters. The monoisotopic (exact) mass is 398 g/mol. The van der Waals surface area contributed by atoms with E-state index >= 15 is 0 Å². The Morgan fingerprint density at radius 1 is 1.40 bits per heavy atom. The van der Waals surface area contributed by atoms with Gasteiger partial charge in [-0.1, -0.05) is 22.9 Å². The molecule has 3 aromatic heterocycles. The highest BCUT2D eigenvalue weighted by molar-refractivity contribution is 7.97. The lowest BCUT2D eigenvalue weighted by Gasteiger charge is -2.09. The molecule has 0 aliphatic heterocycles. The first kappa shape index (κ1) is 16.7. The summed E-state index contributed by atoms with van der Waals surface area (Å²) in [5, 5.41) is 21.0. The van der Waals surface area contributed by atoms with E-state index in [1.807, 2.05) is 6.07 Å². The highest BCUT2D eigenvalue weighted by Crippen LogP contribution is 2.39. The van der Waals surface area contributed by atoms with Gasteiger partial charge in [0, 0.05) is 4.90 Å². The predicted molar refractivity (Wildman–Crippen MR) is 90.6 cm³/mol. The van der Waals surface area contributed by atoms with Crippen LogP contribution in [0, 0.1) is 11.3 Å². The molecule has 25 heavy (non-hydrogen) atoms. The van der Waals surface area contributed by atoms with E-state index in [0.717, 1.165) is 29.1 Å². The molecule has 0 saturated heterocycles. The van der Waals surface area contributed by atoms with Crippen LogP contribution in [0.2, 0.25) is 5.15 Å². The molecule has 11 heteroatoms. The zero-order valence-corrected chi connectivity index (χ0v) is 14.8. The van der Waals surface area contributed by atoms with E-state index in [4.69, 9.17) is 16.9 Å². The predicted octanol–water partition coefficient (Wildman–Crippen LogP) is 4.10. The molecule has 1 saturated carbocycles. The number of aromatic nitrogens is 4. The van der Waals surface area contributed by atoms with Gasteiger partial charge in [-0.25, -0.2) is 18.0 Å². The third-order valence-electron chi connectivity index (χ3n) is 3.74. The number of hydrogen-bond donors (Lipinski definition) is 1. The summed E-state index contributed by atoms with van der Waals surface area (Å²) in [5.41, 5.74) is 0.739. The third kappa shape index (κ3) is 3.08. The van der Waals surface area contributed by atoms with Crippen LogP contribution in [0.4, 0.5) is 8.78 Å². The Hall–Kier alpha value is -1.80. The topological polar surface area (TPSA) is 78.9 Å². The first-order valence-corrected chi connectivity index (χ1v) is 9.17. The maximum absolute atomic E-state index is 12.7. The number of pyridine rings is 1. The second kappa shape index (κ2) is 6.17. The van der Waals surface area contributed by atoms with Crippen LogP contribution in [0.3, 0.4) is 0 Å². The van der Waals surface area contributed by atoms with Crippen molar-refractivity contribution in [1.82, 2.24) is 24.5 Å². The Balaban J connectivity index is 1.69. The lowest BCUT2D eigenvalue weighted by atomic mass is 10.3. The third-order valence-corrected chi connectivity index (χ3v) is 5.93. The molecule has 0 amide bonds. The number of nitriles is 1. The van der Waals surface area contributed by atoms with Crippen LogP contribution >= 0.6 is 34.9 Å². The fourth-order valence-electron chi connectivity index (χ4n) is 2.20. The Morgan fingerprint density at radius 2 is 2.20 bits per heavy atom. The summed E-state index contributed by atoms with van der Waals surface area (Å²) in [6.07, 6.45) is 0.487. The standard InChI is InChI=1S/C14H9ClF2N6S2/c15-10-4-7(25-22-14(6-18)1-2-14)3-9-8(5-19-23(9)10)12-20-21-13(24-12)11(16)17/h3-5,11,22H,1-2H2. The largest absolute Gasteiger partial charge is 0.291 e. The van der Waals surface area contributed by atoms with E-state index in [1.165, 1.54) is 22.7 Å². The number of nitrogens with one attached hydrogen (secondary N) is 1. The van der Waals surface area contributed by atoms with Gasteiger partial charge in [-0.15, -0.1) is 10.2 Å². The second-order valence-corrected chi connectivity index (χ2v) is 7.79. The molecule has 3 aromatic rings. The van der Waals surface area contributed by atoms with Crippen molar-refractivity contribution in [2.24, 2.45) is 0 Å². The number of alkyl halides is 2. The van der Waals surface area contributed by atoms with Crippen molar-refractivity contribution in [2.45, 2.75) is 29.7 Å². The highest BCUT2D eigenvalue weighted by atomic mass is 35.5. The molecule has 0 bridgehead atoms. The van der Waals surface area contributed by atoms with Gasteiger partial charge >= 0.3 is 0 Å². The average molecular weight is 399 g/mol. The minimum Gasteiger partial charge on any atom is -0.240 e. The van der Waals surface area contributed by atoms with E-state index in [2.05, 4.69) is 26.1 Å². The lowest BCUT2D eigenvalue weighted by Crippen LogP contribution is -2.22. The van der Waals surface area contributed by atoms with Crippen LogP contribution in [0.25, 0.3) is 16.1 Å². The number of halogens is 3. The van der Waals surface area contributed by atoms with Gasteiger partial charge in [-0.2, -0.15) is 10.4 Å². The van der Waals surface area contributed by atoms with Gasteiger partial charge in [0.05, 0.1) is 23.3 Å². The van der Waals surface area contributed by atoms with Crippen LogP contribution < -0.4 is 4.72 Å². The number of hydrogen-bond acceptors (Lipinski definition) is 7. The fraction of sp³-hybridized carbons (Fsp3) is 0.286. The average Bonchev–Trinajstić information content (AvgIpc) is 3.01. The number of rotatable bonds is 5. The molecule has 0 atom stereocenters. The maximum Gasteiger partial charge on any atom is 0.291 e. The van der Waals surface area contributed by atoms with E-state index in [9.17, 15) is 8.78 Å². The Kier molecular flexibility index (Phi) is 4.11. The Labute approximate surface area is 153 Å². The van der Waals surface area contributed by atoms with Gasteiger partial charge in [0.25, 0.3) is 6.43 Å². The van der Waals surface area contributed by atoms with Crippen molar-refractivity contribution in [3.05, 3.63) is 28.5 Å². The van der Waals surface area contributed by atoms with Crippen molar-refractivity contribution in [2.75, 3.05) is 0 Å². The van der Waals surface area contributed by atoms with Crippen molar-refractivity contribution >= 4 is 40.4 Å². The molecule has 1 fully saturated rings. The van der Waals surface area contributed by atoms with E-state index in [0.29, 0.717) is 21.2 Å². The summed E-state index contributed by atoms with van der Waals surface area (Å²) in [6.45, 7) is 0. The van der Waals surface area contributed by atoms with Gasteiger partial charge in [-0.3, -0.25) is 0 Å². The van der Waals surface area contributed by atoms with Gasteiger partial charge < -0.3 is 0 Å². The smallest absolute Gasteiger partial charge is 0.240 e. The zero-order valence-electron chi connectivity index (χ0n) is 12.4. The maximum atomic E-state index is 12.7. The molecule has 0 radical (unpaired) electrons. The molecule has 6 nitrogen and oxygen atoms in total. The lowest BCUT2D eigenvalue weighted by molar-refractivity contribution is 0.150. The normalized spacial score (nSPS) is 15.6. The number of fused-ring (bicyclic) bond motifs is 1. The fourth-order valence-corrected chi connectivity index (χ4v) is 4.13. The Morgan fingerprint density at radius 3 is 2.84 bits per heavy atom. The number of nitrogens with zero attached hydrogens (tertiary/aromatic N) is 5. The van der Waals surface area contributed by atoms with E-state index < -0.39 is 12.0 Å². The summed E-state index contributed by atoms with van der Waals surface area (Å²) < 4.78 is 30.1. The molecule has 4 rings (SSSR count). The van der Waals surface area contributed by atoms with E-state index in [1.54, 1.807) is 6.07 Å². The molecule has 0 aromatic carbocycles. The minimum absolute atomic E-state index is 0.336. The van der Waals surface area contributed by atoms with Gasteiger partial charge in [0.2, 0.25) is 0 Å². The second-order valence-electron chi connectivity index (χ2n) is 5.51. The van der Waals surface area contributed by atoms with Crippen LogP contribution in [0.1, 0.15) is 24.3 Å². The van der Waals surface area contributed by atoms with Crippen molar-refractivity contribution in [3.63, 3.8) is 0 Å². The summed E-state index contributed by atoms with van der Waals surface area (Å²) in [7, 11) is 0. The van der Waals surface area contributed by atoms with Crippen LogP contribution in [0.5, 0.6) is 0 Å². The van der Waals surface area contributed by atoms with Gasteiger partial charge in [0.15, 0.2) is 10.0 Å². The van der Waals surface area contributed by atoms with Crippen LogP contribution in [-0.2, 0) is 0 Å². The van der Waals surface area contributed by atoms with Crippen molar-refractivity contribution in [3.8, 4) is 16.6 Å². The molecule has 1 N–H and O–H groups in total. The molecule has 3 heterocycles. The zero-order chi connectivity index (χ0) is 17.6. The SMILES string of the molecule is N#CC1(NSc2cc(Cl)n3ncc(-c4nnc(C(F)F)s4)c3c2)CC1. The summed E-state index contributed by atoms with van der Waals surface area (Å²) >= 11 is 8.39. The molecule has 128 valence electrons. The first-order chi connectivity index (χ1) is 12.0. The van der Waals surface area contributed by atoms with Gasteiger partial charge in [-0.05, 0) is 36.9 Å². The van der Waals surface area contributed by atoms with Crippen LogP contribution in [0.15, 0.2) is 23.2 Å². The minimum atomic E-state index is -2.66. The molecular formula is C14H9ClF2N6S2. The van der Waals surface area contributed by atoms with E-state index in [-0.39, 0.29) is 5.01 Å². The molecule has 0 spiro atoms. The highest BCUT2D eigenvalue weighted by Gasteiger charge is 2.43. The summed E-state index contributed by atoms with van der Waals surface area (Å²) in [5.74, 6) is 0. The summed E-state index contributed by atoms with van der Waals surface area (Å²) in [4.78, 5) is 0.791. The molecule has 1 aliphatic carbocycles. The van der Waals surface area contributed by atoms with Crippen LogP contribution in [-0.4, -0.2) is 25.4 Å². The van der Waals surface area contributed by atoms with Gasteiger partial charge in [0.1, 0.15) is 10.7 Å². The van der Waals surface area contributed by atoms with Crippen molar-refractivity contribution in [1.29, 1.82) is 5.26 Å². The molecule has 1 aliphatic rings. The first-order valence-electron chi connectivity index (χ1n) is 7.16. The Bertz CT molecular complexity index is 991. The molecular weight excluding hydrogens is 390 g/mol.